The van der Waals surface area contributed by atoms with Crippen molar-refractivity contribution in [1.82, 2.24) is 4.90 Å². The molecule has 0 unspecified atom stereocenters. The summed E-state index contributed by atoms with van der Waals surface area (Å²) in [5.74, 6) is -3.77. The Bertz CT molecular complexity index is 890. The Hall–Kier alpha value is -2.07. The number of aliphatic hydroxyl groups is 2. The van der Waals surface area contributed by atoms with E-state index in [9.17, 15) is 19.5 Å². The SMILES string of the molecule is C[C@H](C(=O)N1C(=O)OC[C@@H]1Cc1ccccc1)[C@@H]1O[C@](O)(CCCCCCO)C(Br)=CC1=O. The number of carbonyl (C=O) groups excluding carboxylic acids is 3. The molecule has 0 saturated carbocycles. The fourth-order valence-electron chi connectivity index (χ4n) is 4.12. The first kappa shape index (κ1) is 25.6. The van der Waals surface area contributed by atoms with E-state index in [0.717, 1.165) is 23.3 Å². The van der Waals surface area contributed by atoms with Gasteiger partial charge in [0.05, 0.1) is 16.4 Å². The zero-order valence-corrected chi connectivity index (χ0v) is 20.2. The van der Waals surface area contributed by atoms with E-state index in [4.69, 9.17) is 14.6 Å². The van der Waals surface area contributed by atoms with E-state index in [1.54, 1.807) is 0 Å². The number of rotatable bonds is 10. The van der Waals surface area contributed by atoms with Gasteiger partial charge in [0.15, 0.2) is 11.6 Å². The van der Waals surface area contributed by atoms with Crippen LogP contribution in [0.5, 0.6) is 0 Å². The number of imide groups is 1. The Labute approximate surface area is 201 Å². The zero-order valence-electron chi connectivity index (χ0n) is 18.6. The predicted octanol–water partition coefficient (Wildman–Crippen LogP) is 3.09. The Balaban J connectivity index is 1.70. The van der Waals surface area contributed by atoms with E-state index in [1.807, 2.05) is 30.3 Å². The number of hydrogen-bond donors (Lipinski definition) is 2. The molecular weight excluding hydrogens is 494 g/mol. The molecule has 1 saturated heterocycles. The molecule has 180 valence electrons. The number of hydrogen-bond acceptors (Lipinski definition) is 7. The quantitative estimate of drug-likeness (QED) is 0.453. The summed E-state index contributed by atoms with van der Waals surface area (Å²) in [5, 5.41) is 19.9. The third-order valence-electron chi connectivity index (χ3n) is 6.02. The lowest BCUT2D eigenvalue weighted by Crippen LogP contribution is -2.52. The van der Waals surface area contributed by atoms with Crippen molar-refractivity contribution < 1.29 is 34.1 Å². The van der Waals surface area contributed by atoms with Crippen LogP contribution in [0.4, 0.5) is 4.79 Å². The van der Waals surface area contributed by atoms with Crippen LogP contribution in [-0.2, 0) is 25.5 Å². The Morgan fingerprint density at radius 2 is 1.91 bits per heavy atom. The molecule has 3 rings (SSSR count). The molecule has 0 radical (unpaired) electrons. The van der Waals surface area contributed by atoms with Crippen molar-refractivity contribution in [2.45, 2.75) is 63.4 Å². The number of carbonyl (C=O) groups is 3. The summed E-state index contributed by atoms with van der Waals surface area (Å²) >= 11 is 3.23. The molecule has 2 aliphatic rings. The number of unbranched alkanes of at least 4 members (excludes halogenated alkanes) is 3. The molecule has 4 atom stereocenters. The second kappa shape index (κ2) is 11.4. The maximum Gasteiger partial charge on any atom is 0.416 e. The molecule has 0 bridgehead atoms. The Kier molecular flexibility index (Phi) is 8.81. The first-order valence-corrected chi connectivity index (χ1v) is 12.0. The van der Waals surface area contributed by atoms with Crippen LogP contribution in [0.25, 0.3) is 0 Å². The Morgan fingerprint density at radius 3 is 2.61 bits per heavy atom. The predicted molar refractivity (Wildman–Crippen MR) is 123 cm³/mol. The van der Waals surface area contributed by atoms with Gasteiger partial charge < -0.3 is 19.7 Å². The summed E-state index contributed by atoms with van der Waals surface area (Å²) in [6.45, 7) is 1.71. The summed E-state index contributed by atoms with van der Waals surface area (Å²) in [4.78, 5) is 39.4. The van der Waals surface area contributed by atoms with Gasteiger partial charge in [0, 0.05) is 13.0 Å². The maximum absolute atomic E-state index is 13.3. The molecule has 1 aromatic rings. The van der Waals surface area contributed by atoms with Crippen molar-refractivity contribution in [1.29, 1.82) is 0 Å². The molecule has 0 spiro atoms. The van der Waals surface area contributed by atoms with Crippen LogP contribution >= 0.6 is 15.9 Å². The summed E-state index contributed by atoms with van der Waals surface area (Å²) < 4.78 is 11.1. The van der Waals surface area contributed by atoms with Gasteiger partial charge in [-0.05, 0) is 46.8 Å². The summed E-state index contributed by atoms with van der Waals surface area (Å²) in [6, 6.07) is 8.98. The van der Waals surface area contributed by atoms with Crippen molar-refractivity contribution >= 4 is 33.7 Å². The molecule has 1 aromatic carbocycles. The highest BCUT2D eigenvalue weighted by Crippen LogP contribution is 2.37. The highest BCUT2D eigenvalue weighted by atomic mass is 79.9. The summed E-state index contributed by atoms with van der Waals surface area (Å²) in [5.41, 5.74) is 0.957. The standard InChI is InChI=1S/C24H30BrNO7/c1-16(21-19(28)14-20(25)24(31,33-21)11-7-2-3-8-12-27)22(29)26-18(15-32-23(26)30)13-17-9-5-4-6-10-17/h4-6,9-10,14,16,18,21,27,31H,2-3,7-8,11-13,15H2,1H3/t16-,18-,21-,24+/m0/s1. The topological polar surface area (TPSA) is 113 Å². The van der Waals surface area contributed by atoms with Gasteiger partial charge in [0.1, 0.15) is 12.7 Å². The first-order valence-electron chi connectivity index (χ1n) is 11.2. The van der Waals surface area contributed by atoms with Crippen molar-refractivity contribution in [3.63, 3.8) is 0 Å². The van der Waals surface area contributed by atoms with Crippen molar-refractivity contribution in [3.8, 4) is 0 Å². The molecular formula is C24H30BrNO7. The van der Waals surface area contributed by atoms with Gasteiger partial charge >= 0.3 is 6.09 Å². The number of ether oxygens (including phenoxy) is 2. The van der Waals surface area contributed by atoms with E-state index in [2.05, 4.69) is 15.9 Å². The molecule has 2 aliphatic heterocycles. The molecule has 2 amide bonds. The summed E-state index contributed by atoms with van der Waals surface area (Å²) in [6.07, 6.45) is 2.81. The lowest BCUT2D eigenvalue weighted by molar-refractivity contribution is -0.217. The minimum atomic E-state index is -1.73. The largest absolute Gasteiger partial charge is 0.447 e. The van der Waals surface area contributed by atoms with Gasteiger partial charge in [0.2, 0.25) is 5.91 Å². The van der Waals surface area contributed by atoms with Crippen molar-refractivity contribution in [3.05, 3.63) is 46.5 Å². The number of benzene rings is 1. The van der Waals surface area contributed by atoms with Crippen LogP contribution in [0.1, 0.15) is 44.6 Å². The lowest BCUT2D eigenvalue weighted by atomic mass is 9.93. The van der Waals surface area contributed by atoms with Gasteiger partial charge in [-0.3, -0.25) is 9.59 Å². The van der Waals surface area contributed by atoms with Gasteiger partial charge in [0.25, 0.3) is 0 Å². The first-order chi connectivity index (χ1) is 15.8. The fourth-order valence-corrected chi connectivity index (χ4v) is 4.63. The smallest absolute Gasteiger partial charge is 0.416 e. The van der Waals surface area contributed by atoms with Crippen molar-refractivity contribution in [2.24, 2.45) is 5.92 Å². The van der Waals surface area contributed by atoms with Gasteiger partial charge in [-0.25, -0.2) is 9.69 Å². The van der Waals surface area contributed by atoms with Crippen LogP contribution in [0, 0.1) is 5.92 Å². The van der Waals surface area contributed by atoms with E-state index in [1.165, 1.54) is 13.0 Å². The van der Waals surface area contributed by atoms with Crippen LogP contribution < -0.4 is 0 Å². The van der Waals surface area contributed by atoms with Crippen LogP contribution in [-0.4, -0.2) is 64.0 Å². The zero-order chi connectivity index (χ0) is 24.0. The minimum absolute atomic E-state index is 0.0783. The van der Waals surface area contributed by atoms with Crippen LogP contribution in [0.2, 0.25) is 0 Å². The van der Waals surface area contributed by atoms with E-state index < -0.39 is 41.6 Å². The lowest BCUT2D eigenvalue weighted by Gasteiger charge is -2.37. The van der Waals surface area contributed by atoms with E-state index in [0.29, 0.717) is 19.3 Å². The molecule has 33 heavy (non-hydrogen) atoms. The third kappa shape index (κ3) is 6.09. The molecule has 0 aromatic heterocycles. The average molecular weight is 524 g/mol. The van der Waals surface area contributed by atoms with Crippen molar-refractivity contribution in [2.75, 3.05) is 13.2 Å². The molecule has 8 nitrogen and oxygen atoms in total. The van der Waals surface area contributed by atoms with E-state index >= 15 is 0 Å². The highest BCUT2D eigenvalue weighted by Gasteiger charge is 2.48. The molecule has 1 fully saturated rings. The van der Waals surface area contributed by atoms with Gasteiger partial charge in [-0.1, -0.05) is 50.1 Å². The summed E-state index contributed by atoms with van der Waals surface area (Å²) in [7, 11) is 0. The number of nitrogens with zero attached hydrogens (tertiary/aromatic N) is 1. The Morgan fingerprint density at radius 1 is 1.21 bits per heavy atom. The minimum Gasteiger partial charge on any atom is -0.447 e. The normalized spacial score (nSPS) is 26.2. The van der Waals surface area contributed by atoms with Gasteiger partial charge in [-0.15, -0.1) is 0 Å². The highest BCUT2D eigenvalue weighted by molar-refractivity contribution is 9.11. The van der Waals surface area contributed by atoms with Crippen LogP contribution in [0.3, 0.4) is 0 Å². The third-order valence-corrected chi connectivity index (χ3v) is 6.87. The number of cyclic esters (lactones) is 1. The molecule has 2 N–H and O–H groups in total. The second-order valence-corrected chi connectivity index (χ2v) is 9.38. The van der Waals surface area contributed by atoms with Crippen LogP contribution in [0.15, 0.2) is 40.9 Å². The molecule has 0 aliphatic carbocycles. The fraction of sp³-hybridized carbons (Fsp3) is 0.542. The van der Waals surface area contributed by atoms with E-state index in [-0.39, 0.29) is 24.1 Å². The second-order valence-electron chi connectivity index (χ2n) is 8.52. The number of ketones is 1. The molecule has 9 heteroatoms. The molecule has 2 heterocycles. The van der Waals surface area contributed by atoms with Gasteiger partial charge in [-0.2, -0.15) is 0 Å². The maximum atomic E-state index is 13.3. The number of amides is 2. The number of aliphatic hydroxyl groups excluding tert-OH is 1. The average Bonchev–Trinajstić information content (AvgIpc) is 3.16. The number of halogens is 1. The monoisotopic (exact) mass is 523 g/mol.